The van der Waals surface area contributed by atoms with Crippen LogP contribution in [0.2, 0.25) is 0 Å². The highest BCUT2D eigenvalue weighted by molar-refractivity contribution is 8.00. The molecule has 2 aliphatic heterocycles. The van der Waals surface area contributed by atoms with Gasteiger partial charge < -0.3 is 15.7 Å². The molecule has 0 saturated carbocycles. The summed E-state index contributed by atoms with van der Waals surface area (Å²) in [6, 6.07) is 0.427. The summed E-state index contributed by atoms with van der Waals surface area (Å²) in [5.74, 6) is 0.133. The van der Waals surface area contributed by atoms with Gasteiger partial charge in [0, 0.05) is 11.0 Å². The van der Waals surface area contributed by atoms with Crippen molar-refractivity contribution in [3.05, 3.63) is 0 Å². The minimum absolute atomic E-state index is 0.0495. The zero-order valence-electron chi connectivity index (χ0n) is 20.4. The number of urea groups is 1. The smallest absolute Gasteiger partial charge is 0.315 e. The Kier molecular flexibility index (Phi) is 14.2. The number of carbonyl (C=O) groups is 2. The van der Waals surface area contributed by atoms with Gasteiger partial charge in [0.25, 0.3) is 0 Å². The Balaban J connectivity index is 1.41. The lowest BCUT2D eigenvalue weighted by atomic mass is 9.93. The molecule has 0 radical (unpaired) electrons. The van der Waals surface area contributed by atoms with E-state index in [-0.39, 0.29) is 24.0 Å². The largest absolute Gasteiger partial charge is 0.481 e. The number of carboxylic acids is 1. The molecular formula is C26H48N2O3S. The van der Waals surface area contributed by atoms with E-state index in [4.69, 9.17) is 0 Å². The van der Waals surface area contributed by atoms with Crippen molar-refractivity contribution in [2.45, 2.75) is 140 Å². The van der Waals surface area contributed by atoms with E-state index in [0.717, 1.165) is 37.9 Å². The minimum Gasteiger partial charge on any atom is -0.481 e. The number of aliphatic carboxylic acids is 1. The van der Waals surface area contributed by atoms with Crippen LogP contribution >= 0.6 is 11.8 Å². The average Bonchev–Trinajstić information content (AvgIpc) is 3.31. The number of thioether (sulfide) groups is 1. The molecule has 2 heterocycles. The van der Waals surface area contributed by atoms with E-state index in [1.54, 1.807) is 0 Å². The van der Waals surface area contributed by atoms with E-state index in [0.29, 0.717) is 5.25 Å². The number of hydrogen-bond acceptors (Lipinski definition) is 3. The maximum atomic E-state index is 11.6. The van der Waals surface area contributed by atoms with Crippen molar-refractivity contribution in [2.75, 3.05) is 5.75 Å². The van der Waals surface area contributed by atoms with E-state index in [1.165, 1.54) is 83.5 Å². The fourth-order valence-corrected chi connectivity index (χ4v) is 6.73. The number of nitrogens with one attached hydrogen (secondary N) is 2. The van der Waals surface area contributed by atoms with Gasteiger partial charge in [-0.15, -0.1) is 0 Å². The third-order valence-electron chi connectivity index (χ3n) is 7.23. The molecule has 0 aromatic rings. The minimum atomic E-state index is -0.632. The number of amides is 2. The zero-order chi connectivity index (χ0) is 23.0. The Morgan fingerprint density at radius 3 is 1.97 bits per heavy atom. The number of rotatable bonds is 20. The van der Waals surface area contributed by atoms with E-state index in [1.807, 2.05) is 11.8 Å². The van der Waals surface area contributed by atoms with E-state index in [2.05, 4.69) is 17.6 Å². The van der Waals surface area contributed by atoms with Crippen LogP contribution in [0.3, 0.4) is 0 Å². The first kappa shape index (κ1) is 27.3. The molecular weight excluding hydrogens is 420 g/mol. The second-order valence-corrected chi connectivity index (χ2v) is 11.2. The summed E-state index contributed by atoms with van der Waals surface area (Å²) in [5, 5.41) is 16.0. The monoisotopic (exact) mass is 468 g/mol. The lowest BCUT2D eigenvalue weighted by Crippen LogP contribution is -2.36. The maximum Gasteiger partial charge on any atom is 0.315 e. The molecule has 32 heavy (non-hydrogen) atoms. The van der Waals surface area contributed by atoms with Crippen LogP contribution in [0.25, 0.3) is 0 Å². The van der Waals surface area contributed by atoms with Crippen LogP contribution in [0.15, 0.2) is 0 Å². The Hall–Kier alpha value is -0.910. The van der Waals surface area contributed by atoms with Crippen LogP contribution in [-0.4, -0.2) is 40.2 Å². The fourth-order valence-electron chi connectivity index (χ4n) is 5.19. The zero-order valence-corrected chi connectivity index (χ0v) is 21.2. The number of fused-ring (bicyclic) bond motifs is 1. The summed E-state index contributed by atoms with van der Waals surface area (Å²) in [6.07, 6.45) is 22.1. The summed E-state index contributed by atoms with van der Waals surface area (Å²) >= 11 is 1.91. The van der Waals surface area contributed by atoms with Gasteiger partial charge in [0.05, 0.1) is 18.0 Å². The fraction of sp³-hybridized carbons (Fsp3) is 0.923. The molecule has 3 N–H and O–H groups in total. The van der Waals surface area contributed by atoms with Crippen LogP contribution < -0.4 is 10.6 Å². The topological polar surface area (TPSA) is 78.4 Å². The van der Waals surface area contributed by atoms with Crippen molar-refractivity contribution in [2.24, 2.45) is 5.92 Å². The van der Waals surface area contributed by atoms with Gasteiger partial charge in [-0.3, -0.25) is 4.79 Å². The molecule has 4 atom stereocenters. The van der Waals surface area contributed by atoms with Crippen molar-refractivity contribution in [3.63, 3.8) is 0 Å². The lowest BCUT2D eigenvalue weighted by molar-refractivity contribution is -0.142. The summed E-state index contributed by atoms with van der Waals surface area (Å²) < 4.78 is 0. The quantitative estimate of drug-likeness (QED) is 0.134. The van der Waals surface area contributed by atoms with Crippen LogP contribution in [0, 0.1) is 5.92 Å². The van der Waals surface area contributed by atoms with Crippen molar-refractivity contribution >= 4 is 23.8 Å². The molecule has 186 valence electrons. The van der Waals surface area contributed by atoms with Gasteiger partial charge >= 0.3 is 12.0 Å². The van der Waals surface area contributed by atoms with Crippen molar-refractivity contribution in [1.82, 2.24) is 10.6 Å². The molecule has 1 unspecified atom stereocenters. The Morgan fingerprint density at radius 2 is 1.41 bits per heavy atom. The highest BCUT2D eigenvalue weighted by Crippen LogP contribution is 2.33. The number of carboxylic acid groups (broad SMARTS) is 1. The second-order valence-electron chi connectivity index (χ2n) is 9.97. The summed E-state index contributed by atoms with van der Waals surface area (Å²) in [7, 11) is 0. The van der Waals surface area contributed by atoms with E-state index in [9.17, 15) is 14.7 Å². The number of hydrogen-bond donors (Lipinski definition) is 3. The summed E-state index contributed by atoms with van der Waals surface area (Å²) in [6.45, 7) is 2.27. The molecule has 2 aliphatic rings. The predicted molar refractivity (Wildman–Crippen MR) is 135 cm³/mol. The Morgan fingerprint density at radius 1 is 0.875 bits per heavy atom. The predicted octanol–water partition coefficient (Wildman–Crippen LogP) is 6.89. The van der Waals surface area contributed by atoms with Crippen LogP contribution in [0.5, 0.6) is 0 Å². The number of carbonyl (C=O) groups excluding carboxylic acids is 1. The first-order valence-electron chi connectivity index (χ1n) is 13.5. The first-order chi connectivity index (χ1) is 15.6. The average molecular weight is 469 g/mol. The molecule has 5 nitrogen and oxygen atoms in total. The molecule has 0 aromatic carbocycles. The summed E-state index contributed by atoms with van der Waals surface area (Å²) in [5.41, 5.74) is 0. The molecule has 2 fully saturated rings. The van der Waals surface area contributed by atoms with Crippen molar-refractivity contribution in [1.29, 1.82) is 0 Å². The molecule has 0 spiro atoms. The first-order valence-corrected chi connectivity index (χ1v) is 14.6. The van der Waals surface area contributed by atoms with Crippen molar-refractivity contribution < 1.29 is 14.7 Å². The molecule has 2 amide bonds. The summed E-state index contributed by atoms with van der Waals surface area (Å²) in [4.78, 5) is 23.1. The highest BCUT2D eigenvalue weighted by atomic mass is 32.2. The van der Waals surface area contributed by atoms with Gasteiger partial charge in [0.15, 0.2) is 0 Å². The van der Waals surface area contributed by atoms with E-state index < -0.39 is 5.97 Å². The van der Waals surface area contributed by atoms with Gasteiger partial charge in [-0.05, 0) is 19.3 Å². The van der Waals surface area contributed by atoms with E-state index >= 15 is 0 Å². The SMILES string of the molecule is CCCCCCCCCCCCCCCCC(CCC[C@@H]1SC[C@@H]2NC(=O)N[C@@H]21)C(=O)O. The van der Waals surface area contributed by atoms with Gasteiger partial charge in [0.1, 0.15) is 0 Å². The second kappa shape index (κ2) is 16.7. The normalized spacial score (nSPS) is 23.0. The molecule has 2 rings (SSSR count). The van der Waals surface area contributed by atoms with Crippen LogP contribution in [0.4, 0.5) is 4.79 Å². The van der Waals surface area contributed by atoms with Crippen LogP contribution in [0.1, 0.15) is 122 Å². The Labute approximate surface area is 200 Å². The third-order valence-corrected chi connectivity index (χ3v) is 8.74. The Bertz CT molecular complexity index is 531. The lowest BCUT2D eigenvalue weighted by Gasteiger charge is -2.18. The molecule has 0 aliphatic carbocycles. The van der Waals surface area contributed by atoms with Gasteiger partial charge in [-0.1, -0.05) is 103 Å². The maximum absolute atomic E-state index is 11.6. The van der Waals surface area contributed by atoms with Crippen LogP contribution in [-0.2, 0) is 4.79 Å². The van der Waals surface area contributed by atoms with Gasteiger partial charge in [-0.2, -0.15) is 11.8 Å². The highest BCUT2D eigenvalue weighted by Gasteiger charge is 2.42. The molecule has 6 heteroatoms. The van der Waals surface area contributed by atoms with Gasteiger partial charge in [-0.25, -0.2) is 4.79 Å². The number of unbranched alkanes of at least 4 members (excludes halogenated alkanes) is 13. The molecule has 0 bridgehead atoms. The molecule has 2 saturated heterocycles. The molecule has 0 aromatic heterocycles. The third kappa shape index (κ3) is 10.8. The van der Waals surface area contributed by atoms with Gasteiger partial charge in [0.2, 0.25) is 0 Å². The van der Waals surface area contributed by atoms with Crippen molar-refractivity contribution in [3.8, 4) is 0 Å². The standard InChI is InChI=1S/C26H48N2O3S/c1-2-3-4-5-6-7-8-9-10-11-12-13-14-15-17-21(25(29)30)18-16-19-23-24-22(20-32-23)27-26(31)28-24/h21-24H,2-20H2,1H3,(H,29,30)(H2,27,28,31)/t21?,22-,23-,24-/m0/s1.